The molecule has 1 aliphatic rings. The summed E-state index contributed by atoms with van der Waals surface area (Å²) < 4.78 is 0. The second-order valence-corrected chi connectivity index (χ2v) is 6.37. The van der Waals surface area contributed by atoms with Crippen molar-refractivity contribution in [2.45, 2.75) is 20.3 Å². The molecule has 0 spiro atoms. The molecular formula is C18H20N2S. The van der Waals surface area contributed by atoms with E-state index in [0.29, 0.717) is 10.9 Å². The van der Waals surface area contributed by atoms with Gasteiger partial charge in [0.2, 0.25) is 0 Å². The van der Waals surface area contributed by atoms with E-state index in [9.17, 15) is 0 Å². The minimum absolute atomic E-state index is 0.459. The number of nitrogens with zero attached hydrogens (tertiary/aromatic N) is 1. The van der Waals surface area contributed by atoms with E-state index in [1.165, 1.54) is 16.8 Å². The summed E-state index contributed by atoms with van der Waals surface area (Å²) in [5.41, 5.74) is 11.9. The summed E-state index contributed by atoms with van der Waals surface area (Å²) in [5, 5.41) is 0. The van der Waals surface area contributed by atoms with E-state index in [-0.39, 0.29) is 0 Å². The second kappa shape index (κ2) is 5.49. The number of hydrogen-bond donors (Lipinski definition) is 1. The smallest absolute Gasteiger partial charge is 0.106 e. The molecule has 1 atom stereocenters. The molecule has 2 aromatic rings. The lowest BCUT2D eigenvalue weighted by Crippen LogP contribution is -2.32. The normalized spacial score (nSPS) is 17.4. The maximum Gasteiger partial charge on any atom is 0.106 e. The average molecular weight is 296 g/mol. The van der Waals surface area contributed by atoms with Crippen LogP contribution in [-0.2, 0) is 6.42 Å². The molecule has 2 aromatic carbocycles. The van der Waals surface area contributed by atoms with Gasteiger partial charge in [-0.3, -0.25) is 0 Å². The second-order valence-electron chi connectivity index (χ2n) is 5.93. The van der Waals surface area contributed by atoms with Crippen LogP contribution in [-0.4, -0.2) is 11.5 Å². The molecule has 0 radical (unpaired) electrons. The largest absolute Gasteiger partial charge is 0.389 e. The Labute approximate surface area is 131 Å². The number of anilines is 2. The molecule has 0 saturated heterocycles. The fourth-order valence-electron chi connectivity index (χ4n) is 3.10. The van der Waals surface area contributed by atoms with Crippen molar-refractivity contribution in [2.24, 2.45) is 11.7 Å². The SMILES string of the molecule is Cc1ccc(C(N)=S)c(N2CC(C)Cc3ccccc32)c1. The van der Waals surface area contributed by atoms with Crippen molar-refractivity contribution in [3.05, 3.63) is 59.2 Å². The van der Waals surface area contributed by atoms with Crippen molar-refractivity contribution < 1.29 is 0 Å². The Morgan fingerprint density at radius 1 is 1.19 bits per heavy atom. The van der Waals surface area contributed by atoms with Gasteiger partial charge in [-0.2, -0.15) is 0 Å². The van der Waals surface area contributed by atoms with Crippen molar-refractivity contribution >= 4 is 28.6 Å². The molecule has 0 aliphatic carbocycles. The zero-order valence-electron chi connectivity index (χ0n) is 12.5. The van der Waals surface area contributed by atoms with Gasteiger partial charge in [-0.05, 0) is 48.6 Å². The zero-order chi connectivity index (χ0) is 15.0. The van der Waals surface area contributed by atoms with Gasteiger partial charge in [0.15, 0.2) is 0 Å². The molecule has 3 rings (SSSR count). The number of thiocarbonyl (C=S) groups is 1. The molecule has 1 unspecified atom stereocenters. The maximum absolute atomic E-state index is 5.93. The van der Waals surface area contributed by atoms with Gasteiger partial charge < -0.3 is 10.6 Å². The number of fused-ring (bicyclic) bond motifs is 1. The van der Waals surface area contributed by atoms with Crippen molar-refractivity contribution in [1.82, 2.24) is 0 Å². The fraction of sp³-hybridized carbons (Fsp3) is 0.278. The predicted molar refractivity (Wildman–Crippen MR) is 93.4 cm³/mol. The van der Waals surface area contributed by atoms with Crippen LogP contribution in [0.1, 0.15) is 23.6 Å². The lowest BCUT2D eigenvalue weighted by atomic mass is 9.92. The molecule has 1 aliphatic heterocycles. The van der Waals surface area contributed by atoms with Gasteiger partial charge in [-0.1, -0.05) is 43.4 Å². The van der Waals surface area contributed by atoms with E-state index in [2.05, 4.69) is 55.1 Å². The highest BCUT2D eigenvalue weighted by Gasteiger charge is 2.24. The van der Waals surface area contributed by atoms with Crippen LogP contribution in [0, 0.1) is 12.8 Å². The summed E-state index contributed by atoms with van der Waals surface area (Å²) >= 11 is 5.24. The van der Waals surface area contributed by atoms with Gasteiger partial charge >= 0.3 is 0 Å². The van der Waals surface area contributed by atoms with E-state index in [1.54, 1.807) is 0 Å². The van der Waals surface area contributed by atoms with Crippen LogP contribution in [0.4, 0.5) is 11.4 Å². The predicted octanol–water partition coefficient (Wildman–Crippen LogP) is 3.96. The highest BCUT2D eigenvalue weighted by molar-refractivity contribution is 7.80. The Morgan fingerprint density at radius 2 is 1.95 bits per heavy atom. The first-order valence-corrected chi connectivity index (χ1v) is 7.73. The quantitative estimate of drug-likeness (QED) is 0.851. The van der Waals surface area contributed by atoms with Crippen molar-refractivity contribution in [3.63, 3.8) is 0 Å². The highest BCUT2D eigenvalue weighted by Crippen LogP contribution is 2.37. The third kappa shape index (κ3) is 2.66. The minimum Gasteiger partial charge on any atom is -0.389 e. The average Bonchev–Trinajstić information content (AvgIpc) is 2.45. The summed E-state index contributed by atoms with van der Waals surface area (Å²) in [7, 11) is 0. The lowest BCUT2D eigenvalue weighted by Gasteiger charge is -2.36. The Bertz CT molecular complexity index is 693. The summed E-state index contributed by atoms with van der Waals surface area (Å²) in [6.07, 6.45) is 1.13. The van der Waals surface area contributed by atoms with Crippen molar-refractivity contribution in [2.75, 3.05) is 11.4 Å². The first kappa shape index (κ1) is 14.1. The van der Waals surface area contributed by atoms with E-state index in [1.807, 2.05) is 6.07 Å². The molecule has 21 heavy (non-hydrogen) atoms. The molecule has 0 amide bonds. The van der Waals surface area contributed by atoms with E-state index in [0.717, 1.165) is 24.2 Å². The molecule has 2 nitrogen and oxygen atoms in total. The number of hydrogen-bond acceptors (Lipinski definition) is 2. The summed E-state index contributed by atoms with van der Waals surface area (Å²) in [6, 6.07) is 14.9. The molecule has 0 fully saturated rings. The number of benzene rings is 2. The van der Waals surface area contributed by atoms with Crippen LogP contribution in [0.5, 0.6) is 0 Å². The molecule has 0 saturated carbocycles. The topological polar surface area (TPSA) is 29.3 Å². The van der Waals surface area contributed by atoms with Crippen molar-refractivity contribution in [3.8, 4) is 0 Å². The van der Waals surface area contributed by atoms with Crippen LogP contribution < -0.4 is 10.6 Å². The Balaban J connectivity index is 2.17. The lowest BCUT2D eigenvalue weighted by molar-refractivity contribution is 0.562. The van der Waals surface area contributed by atoms with Crippen LogP contribution >= 0.6 is 12.2 Å². The molecule has 108 valence electrons. The van der Waals surface area contributed by atoms with Gasteiger partial charge in [0.05, 0.1) is 5.69 Å². The first-order chi connectivity index (χ1) is 10.1. The molecule has 0 bridgehead atoms. The van der Waals surface area contributed by atoms with Crippen LogP contribution in [0.3, 0.4) is 0 Å². The molecule has 0 aromatic heterocycles. The van der Waals surface area contributed by atoms with Gasteiger partial charge in [-0.25, -0.2) is 0 Å². The van der Waals surface area contributed by atoms with Gasteiger partial charge in [-0.15, -0.1) is 0 Å². The number of aryl methyl sites for hydroxylation is 1. The number of nitrogens with two attached hydrogens (primary N) is 1. The monoisotopic (exact) mass is 296 g/mol. The molecule has 1 heterocycles. The van der Waals surface area contributed by atoms with Gasteiger partial charge in [0, 0.05) is 17.8 Å². The van der Waals surface area contributed by atoms with E-state index in [4.69, 9.17) is 18.0 Å². The Morgan fingerprint density at radius 3 is 2.71 bits per heavy atom. The third-order valence-electron chi connectivity index (χ3n) is 4.05. The standard InChI is InChI=1S/C18H20N2S/c1-12-7-8-15(18(19)21)17(10-12)20-11-13(2)9-14-5-3-4-6-16(14)20/h3-8,10,13H,9,11H2,1-2H3,(H2,19,21). The van der Waals surface area contributed by atoms with Crippen LogP contribution in [0.15, 0.2) is 42.5 Å². The van der Waals surface area contributed by atoms with Gasteiger partial charge in [0.25, 0.3) is 0 Å². The van der Waals surface area contributed by atoms with Gasteiger partial charge in [0.1, 0.15) is 4.99 Å². The highest BCUT2D eigenvalue weighted by atomic mass is 32.1. The Hall–Kier alpha value is -1.87. The van der Waals surface area contributed by atoms with Crippen LogP contribution in [0.25, 0.3) is 0 Å². The van der Waals surface area contributed by atoms with E-state index < -0.39 is 0 Å². The minimum atomic E-state index is 0.459. The molecule has 2 N–H and O–H groups in total. The maximum atomic E-state index is 5.93. The fourth-order valence-corrected chi connectivity index (χ4v) is 3.27. The number of rotatable bonds is 2. The van der Waals surface area contributed by atoms with Crippen LogP contribution in [0.2, 0.25) is 0 Å². The summed E-state index contributed by atoms with van der Waals surface area (Å²) in [5.74, 6) is 0.611. The van der Waals surface area contributed by atoms with Crippen molar-refractivity contribution in [1.29, 1.82) is 0 Å². The summed E-state index contributed by atoms with van der Waals surface area (Å²) in [4.78, 5) is 2.83. The Kier molecular flexibility index (Phi) is 3.68. The molecular weight excluding hydrogens is 276 g/mol. The first-order valence-electron chi connectivity index (χ1n) is 7.32. The molecule has 3 heteroatoms. The van der Waals surface area contributed by atoms with E-state index >= 15 is 0 Å². The summed E-state index contributed by atoms with van der Waals surface area (Å²) in [6.45, 7) is 5.39. The zero-order valence-corrected chi connectivity index (χ0v) is 13.3. The number of para-hydroxylation sites is 1. The third-order valence-corrected chi connectivity index (χ3v) is 4.27.